The minimum absolute atomic E-state index is 0.248. The van der Waals surface area contributed by atoms with Crippen LogP contribution < -0.4 is 0 Å². The van der Waals surface area contributed by atoms with Gasteiger partial charge in [-0.2, -0.15) is 0 Å². The fourth-order valence-corrected chi connectivity index (χ4v) is 3.33. The molecule has 3 atom stereocenters. The molecule has 19 heavy (non-hydrogen) atoms. The second-order valence-corrected chi connectivity index (χ2v) is 6.81. The lowest BCUT2D eigenvalue weighted by molar-refractivity contribution is -0.149. The maximum atomic E-state index is 10.7. The van der Waals surface area contributed by atoms with E-state index in [1.165, 1.54) is 0 Å². The average molecular weight is 262 g/mol. The Hall–Kier alpha value is -0.860. The molecule has 1 N–H and O–H groups in total. The van der Waals surface area contributed by atoms with E-state index >= 15 is 0 Å². The van der Waals surface area contributed by atoms with Gasteiger partial charge >= 0.3 is 0 Å². The Balaban J connectivity index is 2.25. The lowest BCUT2D eigenvalue weighted by Gasteiger charge is -2.46. The summed E-state index contributed by atoms with van der Waals surface area (Å²) in [5, 5.41) is 10.7. The summed E-state index contributed by atoms with van der Waals surface area (Å²) >= 11 is 0. The maximum Gasteiger partial charge on any atom is 0.118 e. The first-order chi connectivity index (χ1) is 8.90. The minimum atomic E-state index is -0.525. The molecule has 1 fully saturated rings. The summed E-state index contributed by atoms with van der Waals surface area (Å²) in [4.78, 5) is 0. The van der Waals surface area contributed by atoms with Crippen LogP contribution in [-0.2, 0) is 10.3 Å². The number of aliphatic hydroxyl groups excluding tert-OH is 1. The number of aliphatic hydroxyl groups is 1. The molecular weight excluding hydrogens is 236 g/mol. The lowest BCUT2D eigenvalue weighted by atomic mass is 9.65. The van der Waals surface area contributed by atoms with Crippen LogP contribution >= 0.6 is 0 Å². The molecule has 0 aromatic heterocycles. The van der Waals surface area contributed by atoms with E-state index in [0.717, 1.165) is 24.8 Å². The second kappa shape index (κ2) is 5.26. The average Bonchev–Trinajstić information content (AvgIpc) is 2.39. The van der Waals surface area contributed by atoms with Crippen LogP contribution in [0.3, 0.4) is 0 Å². The summed E-state index contributed by atoms with van der Waals surface area (Å²) in [5.41, 5.74) is 0.818. The Bertz CT molecular complexity index is 407. The summed E-state index contributed by atoms with van der Waals surface area (Å²) in [7, 11) is 1.72. The molecule has 0 spiro atoms. The fraction of sp³-hybridized carbons (Fsp3) is 0.647. The molecule has 106 valence electrons. The van der Waals surface area contributed by atoms with Crippen LogP contribution in [0.4, 0.5) is 0 Å². The number of benzene rings is 1. The van der Waals surface area contributed by atoms with Crippen LogP contribution in [0.1, 0.15) is 45.6 Å². The smallest absolute Gasteiger partial charge is 0.118 e. The van der Waals surface area contributed by atoms with E-state index in [1.807, 2.05) is 18.2 Å². The van der Waals surface area contributed by atoms with Gasteiger partial charge in [-0.1, -0.05) is 51.1 Å². The van der Waals surface area contributed by atoms with Crippen molar-refractivity contribution >= 4 is 0 Å². The van der Waals surface area contributed by atoms with Crippen molar-refractivity contribution in [3.63, 3.8) is 0 Å². The van der Waals surface area contributed by atoms with Crippen molar-refractivity contribution in [3.05, 3.63) is 35.9 Å². The van der Waals surface area contributed by atoms with Gasteiger partial charge in [-0.15, -0.1) is 0 Å². The van der Waals surface area contributed by atoms with Crippen LogP contribution in [0.25, 0.3) is 0 Å². The molecule has 0 saturated heterocycles. The highest BCUT2D eigenvalue weighted by atomic mass is 16.5. The van der Waals surface area contributed by atoms with Gasteiger partial charge in [-0.3, -0.25) is 0 Å². The molecule has 1 aromatic carbocycles. The molecule has 0 aliphatic heterocycles. The first-order valence-electron chi connectivity index (χ1n) is 7.19. The molecule has 0 heterocycles. The van der Waals surface area contributed by atoms with Crippen molar-refractivity contribution in [2.75, 3.05) is 7.11 Å². The predicted molar refractivity (Wildman–Crippen MR) is 77.9 cm³/mol. The zero-order valence-electron chi connectivity index (χ0n) is 12.5. The van der Waals surface area contributed by atoms with Gasteiger partial charge in [-0.25, -0.2) is 0 Å². The van der Waals surface area contributed by atoms with Crippen LogP contribution in [0, 0.1) is 11.3 Å². The zero-order chi connectivity index (χ0) is 14.1. The third kappa shape index (κ3) is 2.70. The van der Waals surface area contributed by atoms with Gasteiger partial charge in [0.25, 0.3) is 0 Å². The lowest BCUT2D eigenvalue weighted by Crippen LogP contribution is -2.48. The van der Waals surface area contributed by atoms with E-state index in [2.05, 4.69) is 32.9 Å². The van der Waals surface area contributed by atoms with E-state index in [-0.39, 0.29) is 5.41 Å². The van der Waals surface area contributed by atoms with Gasteiger partial charge in [0, 0.05) is 7.11 Å². The topological polar surface area (TPSA) is 29.5 Å². The molecule has 2 rings (SSSR count). The number of ether oxygens (including phenoxy) is 1. The third-order valence-electron chi connectivity index (χ3n) is 4.76. The van der Waals surface area contributed by atoms with Gasteiger partial charge in [0.15, 0.2) is 0 Å². The van der Waals surface area contributed by atoms with Crippen molar-refractivity contribution in [2.24, 2.45) is 11.3 Å². The van der Waals surface area contributed by atoms with E-state index in [9.17, 15) is 5.11 Å². The van der Waals surface area contributed by atoms with Gasteiger partial charge < -0.3 is 9.84 Å². The van der Waals surface area contributed by atoms with Gasteiger partial charge in [0.05, 0.1) is 6.10 Å². The SMILES string of the molecule is COC1(c2ccccc2)CCC(C(C)(C)C)CC1O. The Morgan fingerprint density at radius 1 is 1.21 bits per heavy atom. The van der Waals surface area contributed by atoms with Crippen molar-refractivity contribution < 1.29 is 9.84 Å². The first-order valence-corrected chi connectivity index (χ1v) is 7.19. The summed E-state index contributed by atoms with van der Waals surface area (Å²) in [6.07, 6.45) is 2.37. The fourth-order valence-electron chi connectivity index (χ4n) is 3.33. The molecule has 1 aliphatic rings. The number of methoxy groups -OCH3 is 1. The molecule has 2 nitrogen and oxygen atoms in total. The van der Waals surface area contributed by atoms with Gasteiger partial charge in [0.1, 0.15) is 5.60 Å². The summed E-state index contributed by atoms with van der Waals surface area (Å²) in [6, 6.07) is 10.1. The molecule has 2 heteroatoms. The Morgan fingerprint density at radius 2 is 1.84 bits per heavy atom. The highest BCUT2D eigenvalue weighted by molar-refractivity contribution is 5.25. The third-order valence-corrected chi connectivity index (χ3v) is 4.76. The molecule has 0 amide bonds. The monoisotopic (exact) mass is 262 g/mol. The van der Waals surface area contributed by atoms with Crippen molar-refractivity contribution in [1.29, 1.82) is 0 Å². The van der Waals surface area contributed by atoms with Crippen molar-refractivity contribution in [2.45, 2.75) is 51.7 Å². The number of hydrogen-bond donors (Lipinski definition) is 1. The summed E-state index contributed by atoms with van der Waals surface area (Å²) in [5.74, 6) is 0.550. The summed E-state index contributed by atoms with van der Waals surface area (Å²) in [6.45, 7) is 6.77. The molecule has 0 radical (unpaired) electrons. The van der Waals surface area contributed by atoms with Crippen LogP contribution in [0.15, 0.2) is 30.3 Å². The van der Waals surface area contributed by atoms with Crippen molar-refractivity contribution in [3.8, 4) is 0 Å². The summed E-state index contributed by atoms with van der Waals surface area (Å²) < 4.78 is 5.79. The highest BCUT2D eigenvalue weighted by Crippen LogP contribution is 2.47. The zero-order valence-corrected chi connectivity index (χ0v) is 12.5. The molecular formula is C17H26O2. The number of rotatable bonds is 2. The number of hydrogen-bond acceptors (Lipinski definition) is 2. The van der Waals surface area contributed by atoms with Crippen LogP contribution in [0.2, 0.25) is 0 Å². The van der Waals surface area contributed by atoms with E-state index in [4.69, 9.17) is 4.74 Å². The van der Waals surface area contributed by atoms with Gasteiger partial charge in [-0.05, 0) is 36.2 Å². The Morgan fingerprint density at radius 3 is 2.32 bits per heavy atom. The first kappa shape index (κ1) is 14.5. The Labute approximate surface area is 116 Å². The Kier molecular flexibility index (Phi) is 4.03. The van der Waals surface area contributed by atoms with E-state index < -0.39 is 11.7 Å². The normalized spacial score (nSPS) is 32.3. The minimum Gasteiger partial charge on any atom is -0.390 e. The predicted octanol–water partition coefficient (Wildman–Crippen LogP) is 3.74. The van der Waals surface area contributed by atoms with E-state index in [0.29, 0.717) is 5.92 Å². The van der Waals surface area contributed by atoms with Crippen molar-refractivity contribution in [1.82, 2.24) is 0 Å². The molecule has 1 aromatic rings. The van der Waals surface area contributed by atoms with E-state index in [1.54, 1.807) is 7.11 Å². The van der Waals surface area contributed by atoms with Crippen LogP contribution in [-0.4, -0.2) is 18.3 Å². The standard InChI is InChI=1S/C17H26O2/c1-16(2,3)14-10-11-17(19-4,15(18)12-14)13-8-6-5-7-9-13/h5-9,14-15,18H,10-12H2,1-4H3. The molecule has 1 saturated carbocycles. The molecule has 1 aliphatic carbocycles. The van der Waals surface area contributed by atoms with Gasteiger partial charge in [0.2, 0.25) is 0 Å². The molecule has 0 bridgehead atoms. The maximum absolute atomic E-state index is 10.7. The quantitative estimate of drug-likeness (QED) is 0.880. The highest BCUT2D eigenvalue weighted by Gasteiger charge is 2.46. The molecule has 3 unspecified atom stereocenters. The van der Waals surface area contributed by atoms with Crippen LogP contribution in [0.5, 0.6) is 0 Å². The largest absolute Gasteiger partial charge is 0.390 e. The second-order valence-electron chi connectivity index (χ2n) is 6.81.